The van der Waals surface area contributed by atoms with Gasteiger partial charge in [0.1, 0.15) is 0 Å². The number of aromatic nitrogens is 2. The third-order valence-corrected chi connectivity index (χ3v) is 4.91. The van der Waals surface area contributed by atoms with E-state index < -0.39 is 0 Å². The van der Waals surface area contributed by atoms with Gasteiger partial charge in [-0.05, 0) is 17.7 Å². The second-order valence-electron chi connectivity index (χ2n) is 4.81. The lowest BCUT2D eigenvalue weighted by Crippen LogP contribution is -1.94. The van der Waals surface area contributed by atoms with Crippen molar-refractivity contribution in [3.63, 3.8) is 0 Å². The molecule has 1 heterocycles. The molecule has 2 aromatic carbocycles. The molecule has 3 rings (SSSR count). The topological polar surface area (TPSA) is 44.2 Å². The maximum Gasteiger partial charge on any atom is 0.162 e. The molecule has 0 aliphatic rings. The van der Waals surface area contributed by atoms with Gasteiger partial charge in [0.2, 0.25) is 0 Å². The summed E-state index contributed by atoms with van der Waals surface area (Å²) >= 11 is 7.88. The molecule has 0 fully saturated rings. The van der Waals surface area contributed by atoms with Crippen LogP contribution in [0.3, 0.4) is 0 Å². The first-order valence-corrected chi connectivity index (χ1v) is 8.33. The van der Waals surface area contributed by atoms with Crippen molar-refractivity contribution >= 4 is 34.3 Å². The molecule has 0 aliphatic carbocycles. The number of hydrogen-bond acceptors (Lipinski definition) is 5. The van der Waals surface area contributed by atoms with E-state index in [1.54, 1.807) is 32.2 Å². The van der Waals surface area contributed by atoms with Crippen LogP contribution in [0.4, 0.5) is 0 Å². The minimum atomic E-state index is 0.641. The van der Waals surface area contributed by atoms with Crippen molar-refractivity contribution in [2.24, 2.45) is 0 Å². The molecule has 4 nitrogen and oxygen atoms in total. The lowest BCUT2D eigenvalue weighted by Gasteiger charge is -2.11. The van der Waals surface area contributed by atoms with Crippen LogP contribution < -0.4 is 9.47 Å². The molecular formula is C17H15ClN2O2S. The van der Waals surface area contributed by atoms with Crippen LogP contribution in [-0.4, -0.2) is 24.4 Å². The van der Waals surface area contributed by atoms with Crippen LogP contribution in [0.2, 0.25) is 5.02 Å². The summed E-state index contributed by atoms with van der Waals surface area (Å²) in [6.07, 6.45) is 1.76. The predicted molar refractivity (Wildman–Crippen MR) is 93.7 cm³/mol. The van der Waals surface area contributed by atoms with E-state index in [0.717, 1.165) is 32.1 Å². The summed E-state index contributed by atoms with van der Waals surface area (Å²) in [6.45, 7) is 0. The molecule has 0 radical (unpaired) electrons. The first-order valence-electron chi connectivity index (χ1n) is 6.96. The average Bonchev–Trinajstić information content (AvgIpc) is 2.59. The van der Waals surface area contributed by atoms with Crippen LogP contribution in [0.5, 0.6) is 11.5 Å². The molecule has 0 aliphatic heterocycles. The molecule has 23 heavy (non-hydrogen) atoms. The Hall–Kier alpha value is -1.98. The Morgan fingerprint density at radius 3 is 2.57 bits per heavy atom. The summed E-state index contributed by atoms with van der Waals surface area (Å²) in [6, 6.07) is 11.6. The highest BCUT2D eigenvalue weighted by atomic mass is 35.5. The molecule has 0 saturated carbocycles. The van der Waals surface area contributed by atoms with Crippen LogP contribution in [0.15, 0.2) is 47.5 Å². The van der Waals surface area contributed by atoms with Gasteiger partial charge in [0.05, 0.1) is 25.9 Å². The Bertz CT molecular complexity index is 842. The minimum absolute atomic E-state index is 0.641. The van der Waals surface area contributed by atoms with Gasteiger partial charge in [-0.1, -0.05) is 29.8 Å². The number of rotatable bonds is 5. The zero-order valence-corrected chi connectivity index (χ0v) is 14.3. The van der Waals surface area contributed by atoms with E-state index in [-0.39, 0.29) is 0 Å². The smallest absolute Gasteiger partial charge is 0.162 e. The Kier molecular flexibility index (Phi) is 4.88. The van der Waals surface area contributed by atoms with Gasteiger partial charge in [-0.25, -0.2) is 0 Å². The normalized spacial score (nSPS) is 10.7. The maximum absolute atomic E-state index is 6.22. The molecule has 0 bridgehead atoms. The molecule has 0 spiro atoms. The number of hydrogen-bond donors (Lipinski definition) is 0. The predicted octanol–water partition coefficient (Wildman–Crippen LogP) is 4.59. The number of fused-ring (bicyclic) bond motifs is 1. The quantitative estimate of drug-likeness (QED) is 0.632. The van der Waals surface area contributed by atoms with Crippen LogP contribution >= 0.6 is 23.4 Å². The first-order chi connectivity index (χ1) is 11.2. The SMILES string of the molecule is COc1cc2nncc(SCc3ccccc3Cl)c2cc1OC. The summed E-state index contributed by atoms with van der Waals surface area (Å²) < 4.78 is 10.7. The van der Waals surface area contributed by atoms with E-state index in [2.05, 4.69) is 10.2 Å². The summed E-state index contributed by atoms with van der Waals surface area (Å²) in [5.41, 5.74) is 1.86. The highest BCUT2D eigenvalue weighted by Crippen LogP contribution is 2.36. The molecule has 0 saturated heterocycles. The fourth-order valence-electron chi connectivity index (χ4n) is 2.25. The van der Waals surface area contributed by atoms with E-state index in [1.807, 2.05) is 36.4 Å². The van der Waals surface area contributed by atoms with Crippen molar-refractivity contribution < 1.29 is 9.47 Å². The Morgan fingerprint density at radius 2 is 1.83 bits per heavy atom. The monoisotopic (exact) mass is 346 g/mol. The molecular weight excluding hydrogens is 332 g/mol. The molecule has 118 valence electrons. The zero-order chi connectivity index (χ0) is 16.2. The van der Waals surface area contributed by atoms with Crippen LogP contribution in [0.1, 0.15) is 5.56 Å². The van der Waals surface area contributed by atoms with E-state index in [1.165, 1.54) is 0 Å². The zero-order valence-electron chi connectivity index (χ0n) is 12.7. The lowest BCUT2D eigenvalue weighted by atomic mass is 10.2. The largest absolute Gasteiger partial charge is 0.493 e. The van der Waals surface area contributed by atoms with Gasteiger partial charge in [0.15, 0.2) is 11.5 Å². The third-order valence-electron chi connectivity index (χ3n) is 3.45. The van der Waals surface area contributed by atoms with E-state index >= 15 is 0 Å². The standard InChI is InChI=1S/C17H15ClN2O2S/c1-21-15-7-12-14(8-16(15)22-2)20-19-9-17(12)23-10-11-5-3-4-6-13(11)18/h3-9H,10H2,1-2H3. The van der Waals surface area contributed by atoms with Crippen LogP contribution in [0.25, 0.3) is 10.9 Å². The summed E-state index contributed by atoms with van der Waals surface area (Å²) in [5, 5.41) is 10.0. The number of nitrogens with zero attached hydrogens (tertiary/aromatic N) is 2. The second kappa shape index (κ2) is 7.06. The summed E-state index contributed by atoms with van der Waals surface area (Å²) in [5.74, 6) is 2.07. The van der Waals surface area contributed by atoms with Crippen LogP contribution in [0, 0.1) is 0 Å². The van der Waals surface area contributed by atoms with E-state index in [4.69, 9.17) is 21.1 Å². The highest BCUT2D eigenvalue weighted by Gasteiger charge is 2.11. The van der Waals surface area contributed by atoms with Crippen molar-refractivity contribution in [3.8, 4) is 11.5 Å². The van der Waals surface area contributed by atoms with E-state index in [0.29, 0.717) is 11.5 Å². The third kappa shape index (κ3) is 3.35. The number of benzene rings is 2. The van der Waals surface area contributed by atoms with Gasteiger partial charge >= 0.3 is 0 Å². The second-order valence-corrected chi connectivity index (χ2v) is 6.24. The fourth-order valence-corrected chi connectivity index (χ4v) is 3.53. The van der Waals surface area contributed by atoms with Crippen molar-refractivity contribution in [2.45, 2.75) is 10.6 Å². The summed E-state index contributed by atoms with van der Waals surface area (Å²) in [4.78, 5) is 1.02. The number of thioether (sulfide) groups is 1. The van der Waals surface area contributed by atoms with Gasteiger partial charge in [-0.15, -0.1) is 11.8 Å². The van der Waals surface area contributed by atoms with Gasteiger partial charge < -0.3 is 9.47 Å². The van der Waals surface area contributed by atoms with Gasteiger partial charge in [-0.3, -0.25) is 0 Å². The molecule has 1 aromatic heterocycles. The first kappa shape index (κ1) is 15.9. The lowest BCUT2D eigenvalue weighted by molar-refractivity contribution is 0.355. The van der Waals surface area contributed by atoms with Crippen molar-refractivity contribution in [1.29, 1.82) is 0 Å². The molecule has 0 unspecified atom stereocenters. The molecule has 3 aromatic rings. The fraction of sp³-hybridized carbons (Fsp3) is 0.176. The molecule has 0 N–H and O–H groups in total. The van der Waals surface area contributed by atoms with Crippen molar-refractivity contribution in [3.05, 3.63) is 53.2 Å². The number of ether oxygens (including phenoxy) is 2. The Labute approximate surface area is 143 Å². The molecule has 0 atom stereocenters. The number of halogens is 1. The average molecular weight is 347 g/mol. The maximum atomic E-state index is 6.22. The van der Waals surface area contributed by atoms with Gasteiger partial charge in [0, 0.05) is 27.1 Å². The minimum Gasteiger partial charge on any atom is -0.493 e. The van der Waals surface area contributed by atoms with Crippen molar-refractivity contribution in [2.75, 3.05) is 14.2 Å². The van der Waals surface area contributed by atoms with Gasteiger partial charge in [-0.2, -0.15) is 10.2 Å². The van der Waals surface area contributed by atoms with Crippen molar-refractivity contribution in [1.82, 2.24) is 10.2 Å². The van der Waals surface area contributed by atoms with Crippen LogP contribution in [-0.2, 0) is 5.75 Å². The Balaban J connectivity index is 1.96. The molecule has 0 amide bonds. The number of methoxy groups -OCH3 is 2. The highest BCUT2D eigenvalue weighted by molar-refractivity contribution is 7.98. The summed E-state index contributed by atoms with van der Waals surface area (Å²) in [7, 11) is 3.22. The van der Waals surface area contributed by atoms with E-state index in [9.17, 15) is 0 Å². The Morgan fingerprint density at radius 1 is 1.09 bits per heavy atom. The molecule has 6 heteroatoms. The van der Waals surface area contributed by atoms with Gasteiger partial charge in [0.25, 0.3) is 0 Å².